The Labute approximate surface area is 83.5 Å². The van der Waals surface area contributed by atoms with Crippen molar-refractivity contribution in [2.45, 2.75) is 0 Å². The number of H-pyrrole nitrogens is 1. The SMILES string of the molecule is C=CCNc1nc2nc[nH]c(=O)c2s1. The second-order valence-corrected chi connectivity index (χ2v) is 3.57. The molecule has 5 nitrogen and oxygen atoms in total. The summed E-state index contributed by atoms with van der Waals surface area (Å²) in [5.74, 6) is 0. The van der Waals surface area contributed by atoms with Gasteiger partial charge >= 0.3 is 0 Å². The van der Waals surface area contributed by atoms with Crippen molar-refractivity contribution in [3.05, 3.63) is 29.3 Å². The topological polar surface area (TPSA) is 70.7 Å². The van der Waals surface area contributed by atoms with Crippen LogP contribution in [0.5, 0.6) is 0 Å². The van der Waals surface area contributed by atoms with E-state index in [0.29, 0.717) is 22.0 Å². The second-order valence-electron chi connectivity index (χ2n) is 2.57. The fraction of sp³-hybridized carbons (Fsp3) is 0.125. The van der Waals surface area contributed by atoms with Crippen molar-refractivity contribution in [2.24, 2.45) is 0 Å². The van der Waals surface area contributed by atoms with Gasteiger partial charge in [-0.1, -0.05) is 17.4 Å². The van der Waals surface area contributed by atoms with Crippen LogP contribution < -0.4 is 10.9 Å². The largest absolute Gasteiger partial charge is 0.358 e. The highest BCUT2D eigenvalue weighted by atomic mass is 32.1. The molecule has 72 valence electrons. The quantitative estimate of drug-likeness (QED) is 0.737. The van der Waals surface area contributed by atoms with Gasteiger partial charge in [-0.2, -0.15) is 4.98 Å². The standard InChI is InChI=1S/C8H8N4OS/c1-2-3-9-8-12-6-5(14-8)7(13)11-4-10-6/h2,4H,1,3H2,(H2,9,10,11,12,13). The Balaban J connectivity index is 2.46. The highest BCUT2D eigenvalue weighted by Gasteiger charge is 2.06. The number of rotatable bonds is 3. The maximum atomic E-state index is 11.3. The number of anilines is 1. The van der Waals surface area contributed by atoms with Gasteiger partial charge in [0.15, 0.2) is 10.8 Å². The van der Waals surface area contributed by atoms with Gasteiger partial charge in [0.05, 0.1) is 6.33 Å². The number of nitrogens with one attached hydrogen (secondary N) is 2. The third-order valence-electron chi connectivity index (χ3n) is 1.60. The summed E-state index contributed by atoms with van der Waals surface area (Å²) in [5.41, 5.74) is 0.324. The lowest BCUT2D eigenvalue weighted by atomic mass is 10.6. The fourth-order valence-electron chi connectivity index (χ4n) is 1.00. The second kappa shape index (κ2) is 3.59. The first kappa shape index (κ1) is 8.89. The molecule has 6 heteroatoms. The number of aromatic nitrogens is 3. The van der Waals surface area contributed by atoms with Crippen LogP contribution in [0.4, 0.5) is 5.13 Å². The molecule has 0 amide bonds. The predicted molar refractivity (Wildman–Crippen MR) is 56.7 cm³/mol. The Hall–Kier alpha value is -1.69. The lowest BCUT2D eigenvalue weighted by Gasteiger charge is -1.93. The summed E-state index contributed by atoms with van der Waals surface area (Å²) in [6, 6.07) is 0. The first-order valence-electron chi connectivity index (χ1n) is 4.00. The van der Waals surface area contributed by atoms with Crippen LogP contribution in [-0.2, 0) is 0 Å². The van der Waals surface area contributed by atoms with Crippen molar-refractivity contribution in [3.63, 3.8) is 0 Å². The van der Waals surface area contributed by atoms with Gasteiger partial charge in [0, 0.05) is 6.54 Å². The molecule has 0 atom stereocenters. The molecule has 2 N–H and O–H groups in total. The molecule has 0 aliphatic heterocycles. The molecule has 0 unspecified atom stereocenters. The van der Waals surface area contributed by atoms with E-state index in [-0.39, 0.29) is 5.56 Å². The van der Waals surface area contributed by atoms with Gasteiger partial charge < -0.3 is 10.3 Å². The van der Waals surface area contributed by atoms with Crippen LogP contribution in [0.2, 0.25) is 0 Å². The molecule has 0 aromatic carbocycles. The lowest BCUT2D eigenvalue weighted by molar-refractivity contribution is 1.16. The average molecular weight is 208 g/mol. The summed E-state index contributed by atoms with van der Waals surface area (Å²) >= 11 is 1.29. The summed E-state index contributed by atoms with van der Waals surface area (Å²) < 4.78 is 0.541. The molecule has 2 rings (SSSR count). The molecule has 0 aliphatic rings. The summed E-state index contributed by atoms with van der Waals surface area (Å²) in [6.45, 7) is 4.20. The minimum absolute atomic E-state index is 0.154. The maximum Gasteiger partial charge on any atom is 0.270 e. The van der Waals surface area contributed by atoms with Crippen molar-refractivity contribution in [1.29, 1.82) is 0 Å². The van der Waals surface area contributed by atoms with E-state index in [0.717, 1.165) is 0 Å². The molecule has 2 heterocycles. The molecule has 2 aromatic heterocycles. The van der Waals surface area contributed by atoms with Crippen LogP contribution in [-0.4, -0.2) is 21.5 Å². The lowest BCUT2D eigenvalue weighted by Crippen LogP contribution is -2.03. The van der Waals surface area contributed by atoms with Gasteiger partial charge in [0.1, 0.15) is 4.70 Å². The highest BCUT2D eigenvalue weighted by Crippen LogP contribution is 2.20. The molecule has 14 heavy (non-hydrogen) atoms. The number of thiazole rings is 1. The molecule has 0 aliphatic carbocycles. The minimum atomic E-state index is -0.154. The summed E-state index contributed by atoms with van der Waals surface area (Å²) in [7, 11) is 0. The third kappa shape index (κ3) is 1.51. The van der Waals surface area contributed by atoms with E-state index in [4.69, 9.17) is 0 Å². The predicted octanol–water partition coefficient (Wildman–Crippen LogP) is 0.977. The maximum absolute atomic E-state index is 11.3. The molecule has 0 spiro atoms. The average Bonchev–Trinajstić information content (AvgIpc) is 2.59. The van der Waals surface area contributed by atoms with Crippen LogP contribution in [0.1, 0.15) is 0 Å². The Morgan fingerprint density at radius 2 is 2.57 bits per heavy atom. The zero-order chi connectivity index (χ0) is 9.97. The fourth-order valence-corrected chi connectivity index (χ4v) is 1.82. The smallest absolute Gasteiger partial charge is 0.270 e. The Kier molecular flexibility index (Phi) is 2.28. The summed E-state index contributed by atoms with van der Waals surface area (Å²) in [6.07, 6.45) is 3.07. The van der Waals surface area contributed by atoms with E-state index in [2.05, 4.69) is 26.8 Å². The van der Waals surface area contributed by atoms with E-state index in [1.807, 2.05) is 0 Å². The normalized spacial score (nSPS) is 10.3. The van der Waals surface area contributed by atoms with E-state index in [9.17, 15) is 4.79 Å². The van der Waals surface area contributed by atoms with Crippen molar-refractivity contribution >= 4 is 26.8 Å². The van der Waals surface area contributed by atoms with Crippen LogP contribution in [0.15, 0.2) is 23.8 Å². The van der Waals surface area contributed by atoms with Gasteiger partial charge in [-0.3, -0.25) is 4.79 Å². The van der Waals surface area contributed by atoms with Gasteiger partial charge in [0.2, 0.25) is 0 Å². The van der Waals surface area contributed by atoms with Crippen LogP contribution in [0, 0.1) is 0 Å². The number of fused-ring (bicyclic) bond motifs is 1. The van der Waals surface area contributed by atoms with Crippen molar-refractivity contribution in [1.82, 2.24) is 15.0 Å². The monoisotopic (exact) mass is 208 g/mol. The highest BCUT2D eigenvalue weighted by molar-refractivity contribution is 7.22. The number of hydrogen-bond donors (Lipinski definition) is 2. The van der Waals surface area contributed by atoms with Crippen molar-refractivity contribution in [3.8, 4) is 0 Å². The Morgan fingerprint density at radius 3 is 3.29 bits per heavy atom. The molecular weight excluding hydrogens is 200 g/mol. The van der Waals surface area contributed by atoms with Crippen LogP contribution >= 0.6 is 11.3 Å². The number of aromatic amines is 1. The Bertz CT molecular complexity index is 515. The first-order valence-corrected chi connectivity index (χ1v) is 4.82. The molecule has 0 saturated carbocycles. The first-order chi connectivity index (χ1) is 6.81. The van der Waals surface area contributed by atoms with Gasteiger partial charge in [0.25, 0.3) is 5.56 Å². The molecule has 0 radical (unpaired) electrons. The van der Waals surface area contributed by atoms with E-state index < -0.39 is 0 Å². The van der Waals surface area contributed by atoms with Crippen LogP contribution in [0.25, 0.3) is 10.3 Å². The third-order valence-corrected chi connectivity index (χ3v) is 2.60. The van der Waals surface area contributed by atoms with Gasteiger partial charge in [-0.15, -0.1) is 6.58 Å². The number of nitrogens with zero attached hydrogens (tertiary/aromatic N) is 2. The number of hydrogen-bond acceptors (Lipinski definition) is 5. The molecule has 0 fully saturated rings. The zero-order valence-corrected chi connectivity index (χ0v) is 8.10. The van der Waals surface area contributed by atoms with Crippen molar-refractivity contribution in [2.75, 3.05) is 11.9 Å². The molecule has 0 saturated heterocycles. The molecule has 0 bridgehead atoms. The van der Waals surface area contributed by atoms with Gasteiger partial charge in [-0.05, 0) is 0 Å². The summed E-state index contributed by atoms with van der Waals surface area (Å²) in [5, 5.41) is 3.69. The van der Waals surface area contributed by atoms with Crippen LogP contribution in [0.3, 0.4) is 0 Å². The van der Waals surface area contributed by atoms with Gasteiger partial charge in [-0.25, -0.2) is 4.98 Å². The summed E-state index contributed by atoms with van der Waals surface area (Å²) in [4.78, 5) is 21.9. The van der Waals surface area contributed by atoms with Crippen molar-refractivity contribution < 1.29 is 0 Å². The Morgan fingerprint density at radius 1 is 1.71 bits per heavy atom. The molecule has 2 aromatic rings. The zero-order valence-electron chi connectivity index (χ0n) is 7.28. The van der Waals surface area contributed by atoms with E-state index in [1.165, 1.54) is 17.7 Å². The molecular formula is C8H8N4OS. The van der Waals surface area contributed by atoms with E-state index >= 15 is 0 Å². The minimum Gasteiger partial charge on any atom is -0.358 e. The van der Waals surface area contributed by atoms with E-state index in [1.54, 1.807) is 6.08 Å².